The molecule has 2 aromatic heterocycles. The van der Waals surface area contributed by atoms with E-state index in [4.69, 9.17) is 0 Å². The average Bonchev–Trinajstić information content (AvgIpc) is 2.49. The van der Waals surface area contributed by atoms with Gasteiger partial charge in [0.15, 0.2) is 5.82 Å². The van der Waals surface area contributed by atoms with Crippen molar-refractivity contribution in [3.05, 3.63) is 61.3 Å². The second-order valence-corrected chi connectivity index (χ2v) is 3.72. The van der Waals surface area contributed by atoms with Gasteiger partial charge in [-0.05, 0) is 12.1 Å². The highest BCUT2D eigenvalue weighted by molar-refractivity contribution is 5.78. The minimum Gasteiger partial charge on any atom is -0.256 e. The van der Waals surface area contributed by atoms with Crippen LogP contribution in [0.15, 0.2) is 61.3 Å². The monoisotopic (exact) mass is 234 g/mol. The lowest BCUT2D eigenvalue weighted by atomic mass is 10.0. The van der Waals surface area contributed by atoms with Crippen molar-refractivity contribution in [2.75, 3.05) is 0 Å². The molecular formula is C14H10N4. The van der Waals surface area contributed by atoms with Crippen LogP contribution in [-0.4, -0.2) is 19.9 Å². The molecule has 0 atom stereocenters. The van der Waals surface area contributed by atoms with E-state index in [9.17, 15) is 0 Å². The highest BCUT2D eigenvalue weighted by atomic mass is 15.0. The molecule has 0 saturated heterocycles. The van der Waals surface area contributed by atoms with E-state index >= 15 is 0 Å². The second-order valence-electron chi connectivity index (χ2n) is 3.72. The van der Waals surface area contributed by atoms with Crippen LogP contribution in [0.2, 0.25) is 0 Å². The van der Waals surface area contributed by atoms with Gasteiger partial charge in [-0.1, -0.05) is 30.3 Å². The van der Waals surface area contributed by atoms with E-state index in [0.29, 0.717) is 5.82 Å². The molecule has 0 aliphatic carbocycles. The number of hydrogen-bond donors (Lipinski definition) is 0. The standard InChI is InChI=1S/C14H10N4/c1-2-6-12(14-17-9-15-10-18-14)11(5-1)13-7-3-4-8-16-13/h1-10H. The van der Waals surface area contributed by atoms with Crippen LogP contribution in [0.4, 0.5) is 0 Å². The van der Waals surface area contributed by atoms with Crippen LogP contribution in [0.25, 0.3) is 22.6 Å². The summed E-state index contributed by atoms with van der Waals surface area (Å²) in [5, 5.41) is 0. The maximum Gasteiger partial charge on any atom is 0.163 e. The number of nitrogens with zero attached hydrogens (tertiary/aromatic N) is 4. The summed E-state index contributed by atoms with van der Waals surface area (Å²) in [5.41, 5.74) is 2.89. The van der Waals surface area contributed by atoms with E-state index < -0.39 is 0 Å². The zero-order chi connectivity index (χ0) is 12.2. The number of rotatable bonds is 2. The summed E-state index contributed by atoms with van der Waals surface area (Å²) in [4.78, 5) is 16.6. The predicted molar refractivity (Wildman–Crippen MR) is 68.5 cm³/mol. The Morgan fingerprint density at radius 2 is 1.39 bits per heavy atom. The molecule has 0 N–H and O–H groups in total. The smallest absolute Gasteiger partial charge is 0.163 e. The molecule has 0 aliphatic heterocycles. The predicted octanol–water partition coefficient (Wildman–Crippen LogP) is 2.60. The zero-order valence-corrected chi connectivity index (χ0v) is 9.56. The van der Waals surface area contributed by atoms with Crippen LogP contribution in [-0.2, 0) is 0 Å². The van der Waals surface area contributed by atoms with E-state index in [2.05, 4.69) is 19.9 Å². The Bertz CT molecular complexity index is 580. The summed E-state index contributed by atoms with van der Waals surface area (Å²) in [5.74, 6) is 0.659. The van der Waals surface area contributed by atoms with Crippen LogP contribution in [0.3, 0.4) is 0 Å². The SMILES string of the molecule is c1ccc(-c2ccccc2-c2ncncn2)nc1. The van der Waals surface area contributed by atoms with Gasteiger partial charge in [0.25, 0.3) is 0 Å². The molecule has 86 valence electrons. The third kappa shape index (κ3) is 1.96. The molecule has 3 aromatic rings. The van der Waals surface area contributed by atoms with Gasteiger partial charge in [-0.25, -0.2) is 15.0 Å². The molecule has 1 aromatic carbocycles. The Kier molecular flexibility index (Phi) is 2.75. The molecule has 0 aliphatic rings. The minimum atomic E-state index is 0.659. The van der Waals surface area contributed by atoms with E-state index in [-0.39, 0.29) is 0 Å². The van der Waals surface area contributed by atoms with Gasteiger partial charge in [0, 0.05) is 17.3 Å². The Labute approximate surface area is 104 Å². The molecule has 18 heavy (non-hydrogen) atoms. The lowest BCUT2D eigenvalue weighted by Gasteiger charge is -2.06. The maximum absolute atomic E-state index is 4.36. The number of aromatic nitrogens is 4. The van der Waals surface area contributed by atoms with E-state index in [1.54, 1.807) is 6.20 Å². The van der Waals surface area contributed by atoms with E-state index in [0.717, 1.165) is 16.8 Å². The van der Waals surface area contributed by atoms with Gasteiger partial charge in [-0.15, -0.1) is 0 Å². The molecule has 0 spiro atoms. The van der Waals surface area contributed by atoms with Crippen molar-refractivity contribution in [2.45, 2.75) is 0 Å². The fourth-order valence-electron chi connectivity index (χ4n) is 1.80. The molecule has 0 radical (unpaired) electrons. The van der Waals surface area contributed by atoms with Gasteiger partial charge in [-0.3, -0.25) is 4.98 Å². The minimum absolute atomic E-state index is 0.659. The second kappa shape index (κ2) is 4.71. The Morgan fingerprint density at radius 1 is 0.667 bits per heavy atom. The van der Waals surface area contributed by atoms with Gasteiger partial charge in [0.1, 0.15) is 12.7 Å². The number of hydrogen-bond acceptors (Lipinski definition) is 4. The third-order valence-corrected chi connectivity index (χ3v) is 2.60. The third-order valence-electron chi connectivity index (χ3n) is 2.60. The van der Waals surface area contributed by atoms with Crippen molar-refractivity contribution in [1.29, 1.82) is 0 Å². The topological polar surface area (TPSA) is 51.6 Å². The summed E-state index contributed by atoms with van der Waals surface area (Å²) in [6.45, 7) is 0. The lowest BCUT2D eigenvalue weighted by molar-refractivity contribution is 1.06. The molecule has 0 saturated carbocycles. The van der Waals surface area contributed by atoms with Crippen LogP contribution in [0, 0.1) is 0 Å². The van der Waals surface area contributed by atoms with Gasteiger partial charge < -0.3 is 0 Å². The summed E-state index contributed by atoms with van der Waals surface area (Å²) in [6.07, 6.45) is 4.77. The first-order chi connectivity index (χ1) is 8.95. The van der Waals surface area contributed by atoms with Crippen molar-refractivity contribution in [2.24, 2.45) is 0 Å². The van der Waals surface area contributed by atoms with Crippen molar-refractivity contribution < 1.29 is 0 Å². The summed E-state index contributed by atoms with van der Waals surface area (Å²) in [6, 6.07) is 13.8. The van der Waals surface area contributed by atoms with Gasteiger partial charge in [0.2, 0.25) is 0 Å². The highest BCUT2D eigenvalue weighted by Crippen LogP contribution is 2.27. The molecule has 0 amide bonds. The number of pyridine rings is 1. The summed E-state index contributed by atoms with van der Waals surface area (Å²) in [7, 11) is 0. The molecule has 2 heterocycles. The van der Waals surface area contributed by atoms with Crippen molar-refractivity contribution in [1.82, 2.24) is 19.9 Å². The fourth-order valence-corrected chi connectivity index (χ4v) is 1.80. The Hall–Kier alpha value is -2.62. The van der Waals surface area contributed by atoms with Gasteiger partial charge >= 0.3 is 0 Å². The fraction of sp³-hybridized carbons (Fsp3) is 0. The lowest BCUT2D eigenvalue weighted by Crippen LogP contribution is -1.92. The molecule has 4 heteroatoms. The highest BCUT2D eigenvalue weighted by Gasteiger charge is 2.08. The maximum atomic E-state index is 4.36. The molecule has 0 bridgehead atoms. The number of benzene rings is 1. The van der Waals surface area contributed by atoms with Crippen molar-refractivity contribution in [3.8, 4) is 22.6 Å². The molecule has 0 unspecified atom stereocenters. The van der Waals surface area contributed by atoms with Crippen LogP contribution < -0.4 is 0 Å². The molecule has 3 rings (SSSR count). The van der Waals surface area contributed by atoms with Crippen molar-refractivity contribution >= 4 is 0 Å². The van der Waals surface area contributed by atoms with Crippen LogP contribution >= 0.6 is 0 Å². The molecule has 4 nitrogen and oxygen atoms in total. The van der Waals surface area contributed by atoms with Crippen LogP contribution in [0.1, 0.15) is 0 Å². The Morgan fingerprint density at radius 3 is 2.11 bits per heavy atom. The summed E-state index contributed by atoms with van der Waals surface area (Å²) < 4.78 is 0. The molecule has 0 fully saturated rings. The van der Waals surface area contributed by atoms with E-state index in [1.165, 1.54) is 12.7 Å². The quantitative estimate of drug-likeness (QED) is 0.684. The summed E-state index contributed by atoms with van der Waals surface area (Å²) >= 11 is 0. The van der Waals surface area contributed by atoms with Crippen molar-refractivity contribution in [3.63, 3.8) is 0 Å². The first kappa shape index (κ1) is 10.5. The average molecular weight is 234 g/mol. The largest absolute Gasteiger partial charge is 0.256 e. The normalized spacial score (nSPS) is 10.2. The first-order valence-corrected chi connectivity index (χ1v) is 5.58. The van der Waals surface area contributed by atoms with Gasteiger partial charge in [0.05, 0.1) is 5.69 Å². The van der Waals surface area contributed by atoms with Crippen LogP contribution in [0.5, 0.6) is 0 Å². The van der Waals surface area contributed by atoms with Gasteiger partial charge in [-0.2, -0.15) is 0 Å². The Balaban J connectivity index is 2.18. The molecular weight excluding hydrogens is 224 g/mol. The van der Waals surface area contributed by atoms with E-state index in [1.807, 2.05) is 42.5 Å². The first-order valence-electron chi connectivity index (χ1n) is 5.58. The zero-order valence-electron chi connectivity index (χ0n) is 9.56.